The molecule has 0 bridgehead atoms. The fourth-order valence-corrected chi connectivity index (χ4v) is 4.39. The minimum Gasteiger partial charge on any atom is -0.463 e. The molecular weight excluding hydrogens is 478 g/mol. The lowest BCUT2D eigenvalue weighted by Gasteiger charge is -2.37. The van der Waals surface area contributed by atoms with E-state index in [-0.39, 0.29) is 18.5 Å². The van der Waals surface area contributed by atoms with E-state index in [2.05, 4.69) is 10.6 Å². The van der Waals surface area contributed by atoms with Gasteiger partial charge in [-0.1, -0.05) is 79.7 Å². The normalized spacial score (nSPS) is 15.4. The minimum atomic E-state index is -0.762. The van der Waals surface area contributed by atoms with Crippen LogP contribution in [0, 0.1) is 0 Å². The van der Waals surface area contributed by atoms with Gasteiger partial charge in [0.25, 0.3) is 0 Å². The first-order valence-electron chi connectivity index (χ1n) is 12.7. The molecule has 1 atom stereocenters. The molecule has 7 nitrogen and oxygen atoms in total. The predicted octanol–water partition coefficient (Wildman–Crippen LogP) is 5.79. The van der Waals surface area contributed by atoms with Crippen molar-refractivity contribution in [1.82, 2.24) is 10.2 Å². The standard InChI is InChI=1S/C31H31N3O4/c1-3-20-34-29(23-14-9-6-10-15-23)27(30(36)38-4-2)28(33-31(34)37)24-16-11-17-25(21-24)32-26(35)19-18-22-12-7-5-8-13-22/h5-19,21,28H,3-4,20H2,1-2H3,(H,32,35)(H,33,37)/b19-18+/t28-/m1/s1. The SMILES string of the molecule is CCCN1C(=O)N[C@H](c2cccc(NC(=O)/C=C/c3ccccc3)c2)C(C(=O)OCC)=C1c1ccccc1. The summed E-state index contributed by atoms with van der Waals surface area (Å²) in [5, 5.41) is 5.85. The molecule has 2 N–H and O–H groups in total. The van der Waals surface area contributed by atoms with Gasteiger partial charge in [-0.25, -0.2) is 9.59 Å². The maximum Gasteiger partial charge on any atom is 0.338 e. The third kappa shape index (κ3) is 6.18. The van der Waals surface area contributed by atoms with Crippen LogP contribution in [0.1, 0.15) is 43.0 Å². The van der Waals surface area contributed by atoms with Gasteiger partial charge in [0.05, 0.1) is 23.9 Å². The van der Waals surface area contributed by atoms with Crippen LogP contribution in [-0.4, -0.2) is 36.0 Å². The van der Waals surface area contributed by atoms with Gasteiger partial charge in [0.2, 0.25) is 5.91 Å². The van der Waals surface area contributed by atoms with E-state index < -0.39 is 12.0 Å². The van der Waals surface area contributed by atoms with Crippen molar-refractivity contribution in [1.29, 1.82) is 0 Å². The number of hydrogen-bond donors (Lipinski definition) is 2. The first kappa shape index (κ1) is 26.4. The number of nitrogens with one attached hydrogen (secondary N) is 2. The van der Waals surface area contributed by atoms with Gasteiger partial charge in [-0.15, -0.1) is 0 Å². The van der Waals surface area contributed by atoms with E-state index in [1.165, 1.54) is 6.08 Å². The second-order valence-corrected chi connectivity index (χ2v) is 8.74. The summed E-state index contributed by atoms with van der Waals surface area (Å²) >= 11 is 0. The molecule has 7 heteroatoms. The van der Waals surface area contributed by atoms with Crippen LogP contribution in [0.4, 0.5) is 10.5 Å². The molecule has 3 aromatic carbocycles. The lowest BCUT2D eigenvalue weighted by atomic mass is 9.91. The topological polar surface area (TPSA) is 87.7 Å². The summed E-state index contributed by atoms with van der Waals surface area (Å²) in [4.78, 5) is 40.9. The van der Waals surface area contributed by atoms with Gasteiger partial charge in [0, 0.05) is 18.3 Å². The fourth-order valence-electron chi connectivity index (χ4n) is 4.39. The number of esters is 1. The van der Waals surface area contributed by atoms with Gasteiger partial charge in [-0.3, -0.25) is 9.69 Å². The van der Waals surface area contributed by atoms with Crippen molar-refractivity contribution in [2.45, 2.75) is 26.3 Å². The Labute approximate surface area is 222 Å². The highest BCUT2D eigenvalue weighted by molar-refractivity contribution is 6.05. The monoisotopic (exact) mass is 509 g/mol. The van der Waals surface area contributed by atoms with E-state index in [1.54, 1.807) is 36.1 Å². The van der Waals surface area contributed by atoms with E-state index >= 15 is 0 Å². The maximum absolute atomic E-state index is 13.4. The Morgan fingerprint density at radius 2 is 1.68 bits per heavy atom. The molecule has 0 radical (unpaired) electrons. The predicted molar refractivity (Wildman–Crippen MR) is 149 cm³/mol. The Morgan fingerprint density at radius 3 is 2.37 bits per heavy atom. The van der Waals surface area contributed by atoms with E-state index in [0.29, 0.717) is 35.5 Å². The van der Waals surface area contributed by atoms with Gasteiger partial charge < -0.3 is 15.4 Å². The smallest absolute Gasteiger partial charge is 0.338 e. The molecule has 4 rings (SSSR count). The van der Waals surface area contributed by atoms with Crippen LogP contribution in [0.15, 0.2) is 96.6 Å². The molecule has 1 aliphatic rings. The highest BCUT2D eigenvalue weighted by Crippen LogP contribution is 2.37. The molecule has 3 amide bonds. The molecule has 3 aromatic rings. The van der Waals surface area contributed by atoms with Crippen molar-refractivity contribution in [2.75, 3.05) is 18.5 Å². The number of carbonyl (C=O) groups excluding carboxylic acids is 3. The van der Waals surface area contributed by atoms with Crippen LogP contribution in [0.3, 0.4) is 0 Å². The van der Waals surface area contributed by atoms with Crippen LogP contribution in [0.2, 0.25) is 0 Å². The lowest BCUT2D eigenvalue weighted by molar-refractivity contribution is -0.139. The summed E-state index contributed by atoms with van der Waals surface area (Å²) in [6.07, 6.45) is 3.91. The summed E-state index contributed by atoms with van der Waals surface area (Å²) in [6.45, 7) is 4.36. The fraction of sp³-hybridized carbons (Fsp3) is 0.194. The van der Waals surface area contributed by atoms with Crippen molar-refractivity contribution in [2.24, 2.45) is 0 Å². The largest absolute Gasteiger partial charge is 0.463 e. The van der Waals surface area contributed by atoms with Crippen molar-refractivity contribution in [3.05, 3.63) is 113 Å². The molecule has 0 saturated heterocycles. The average Bonchev–Trinajstić information content (AvgIpc) is 2.94. The molecule has 1 heterocycles. The van der Waals surface area contributed by atoms with Crippen LogP contribution in [-0.2, 0) is 14.3 Å². The number of carbonyl (C=O) groups is 3. The number of hydrogen-bond acceptors (Lipinski definition) is 4. The zero-order valence-corrected chi connectivity index (χ0v) is 21.5. The Kier molecular flexibility index (Phi) is 8.72. The van der Waals surface area contributed by atoms with Gasteiger partial charge >= 0.3 is 12.0 Å². The van der Waals surface area contributed by atoms with Crippen molar-refractivity contribution in [3.8, 4) is 0 Å². The Hall–Kier alpha value is -4.65. The van der Waals surface area contributed by atoms with Gasteiger partial charge in [0.15, 0.2) is 0 Å². The Morgan fingerprint density at radius 1 is 0.974 bits per heavy atom. The van der Waals surface area contributed by atoms with Gasteiger partial charge in [-0.2, -0.15) is 0 Å². The Balaban J connectivity index is 1.72. The van der Waals surface area contributed by atoms with E-state index in [9.17, 15) is 14.4 Å². The number of nitrogens with zero attached hydrogens (tertiary/aromatic N) is 1. The summed E-state index contributed by atoms with van der Waals surface area (Å²) in [5.74, 6) is -0.795. The first-order chi connectivity index (χ1) is 18.5. The highest BCUT2D eigenvalue weighted by Gasteiger charge is 2.38. The molecule has 0 aromatic heterocycles. The van der Waals surface area contributed by atoms with Crippen molar-refractivity contribution in [3.63, 3.8) is 0 Å². The van der Waals surface area contributed by atoms with E-state index in [1.807, 2.05) is 73.7 Å². The van der Waals surface area contributed by atoms with E-state index in [4.69, 9.17) is 4.74 Å². The van der Waals surface area contributed by atoms with Gasteiger partial charge in [0.1, 0.15) is 0 Å². The maximum atomic E-state index is 13.4. The summed E-state index contributed by atoms with van der Waals surface area (Å²) in [6, 6.07) is 25.0. The van der Waals surface area contributed by atoms with Crippen LogP contribution < -0.4 is 10.6 Å². The molecule has 38 heavy (non-hydrogen) atoms. The number of rotatable bonds is 9. The second-order valence-electron chi connectivity index (χ2n) is 8.74. The minimum absolute atomic E-state index is 0.197. The molecule has 0 aliphatic carbocycles. The second kappa shape index (κ2) is 12.5. The molecule has 0 spiro atoms. The number of amides is 3. The van der Waals surface area contributed by atoms with Crippen LogP contribution in [0.25, 0.3) is 11.8 Å². The number of anilines is 1. The van der Waals surface area contributed by atoms with Crippen molar-refractivity contribution >= 4 is 35.4 Å². The summed E-state index contributed by atoms with van der Waals surface area (Å²) in [7, 11) is 0. The molecular formula is C31H31N3O4. The highest BCUT2D eigenvalue weighted by atomic mass is 16.5. The van der Waals surface area contributed by atoms with Crippen LogP contribution >= 0.6 is 0 Å². The van der Waals surface area contributed by atoms with Gasteiger partial charge in [-0.05, 0) is 48.2 Å². The number of urea groups is 1. The number of benzene rings is 3. The summed E-state index contributed by atoms with van der Waals surface area (Å²) < 4.78 is 5.46. The molecule has 1 aliphatic heterocycles. The average molecular weight is 510 g/mol. The third-order valence-corrected chi connectivity index (χ3v) is 6.03. The molecule has 194 valence electrons. The molecule has 0 saturated carbocycles. The Bertz CT molecular complexity index is 1350. The molecule has 0 unspecified atom stereocenters. The van der Waals surface area contributed by atoms with Crippen molar-refractivity contribution < 1.29 is 19.1 Å². The zero-order valence-electron chi connectivity index (χ0n) is 21.5. The zero-order chi connectivity index (χ0) is 26.9. The number of ether oxygens (including phenoxy) is 1. The lowest BCUT2D eigenvalue weighted by Crippen LogP contribution is -2.48. The summed E-state index contributed by atoms with van der Waals surface area (Å²) in [5.41, 5.74) is 3.73. The molecule has 0 fully saturated rings. The van der Waals surface area contributed by atoms with Crippen LogP contribution in [0.5, 0.6) is 0 Å². The quantitative estimate of drug-likeness (QED) is 0.282. The first-order valence-corrected chi connectivity index (χ1v) is 12.7. The third-order valence-electron chi connectivity index (χ3n) is 6.03. The van der Waals surface area contributed by atoms with E-state index in [0.717, 1.165) is 11.1 Å².